The number of nitrogens with zero attached hydrogens (tertiary/aromatic N) is 1. The Balaban J connectivity index is 2.39. The van der Waals surface area contributed by atoms with Gasteiger partial charge in [0.15, 0.2) is 0 Å². The molecule has 1 aromatic carbocycles. The molecule has 0 amide bonds. The zero-order valence-corrected chi connectivity index (χ0v) is 11.1. The van der Waals surface area contributed by atoms with Gasteiger partial charge in [-0.1, -0.05) is 6.92 Å². The van der Waals surface area contributed by atoms with Crippen molar-refractivity contribution in [3.8, 4) is 0 Å². The first kappa shape index (κ1) is 13.4. The van der Waals surface area contributed by atoms with Crippen molar-refractivity contribution < 1.29 is 4.74 Å². The average molecular weight is 262 g/mol. The molecule has 102 valence electrons. The lowest BCUT2D eigenvalue weighted by atomic mass is 10.1. The molecule has 4 N–H and O–H groups in total. The molecule has 1 atom stereocenters. The molecule has 0 bridgehead atoms. The molecule has 6 heteroatoms. The van der Waals surface area contributed by atoms with Gasteiger partial charge in [-0.15, -0.1) is 0 Å². The number of H-pyrrole nitrogens is 1. The van der Waals surface area contributed by atoms with Crippen LogP contribution in [0.25, 0.3) is 10.9 Å². The van der Waals surface area contributed by atoms with Crippen molar-refractivity contribution in [2.45, 2.75) is 19.4 Å². The SMILES string of the molecule is CCC(COC)Nc1cc2nc[nH]c(=O)c2cc1N. The van der Waals surface area contributed by atoms with E-state index in [-0.39, 0.29) is 11.6 Å². The minimum Gasteiger partial charge on any atom is -0.397 e. The summed E-state index contributed by atoms with van der Waals surface area (Å²) in [6.45, 7) is 2.66. The van der Waals surface area contributed by atoms with Gasteiger partial charge in [0, 0.05) is 13.2 Å². The summed E-state index contributed by atoms with van der Waals surface area (Å²) >= 11 is 0. The number of fused-ring (bicyclic) bond motifs is 1. The fourth-order valence-electron chi connectivity index (χ4n) is 1.94. The number of nitrogens with two attached hydrogens (primary N) is 1. The van der Waals surface area contributed by atoms with E-state index in [9.17, 15) is 4.79 Å². The number of nitrogens with one attached hydrogen (secondary N) is 2. The van der Waals surface area contributed by atoms with Crippen LogP contribution in [0.3, 0.4) is 0 Å². The Kier molecular flexibility index (Phi) is 4.01. The van der Waals surface area contributed by atoms with E-state index in [0.717, 1.165) is 12.1 Å². The molecule has 2 aromatic rings. The largest absolute Gasteiger partial charge is 0.397 e. The summed E-state index contributed by atoms with van der Waals surface area (Å²) in [5, 5.41) is 3.80. The molecule has 0 radical (unpaired) electrons. The van der Waals surface area contributed by atoms with E-state index in [4.69, 9.17) is 10.5 Å². The monoisotopic (exact) mass is 262 g/mol. The number of aromatic nitrogens is 2. The molecule has 0 saturated heterocycles. The van der Waals surface area contributed by atoms with Gasteiger partial charge in [0.2, 0.25) is 0 Å². The molecule has 2 rings (SSSR count). The normalized spacial score (nSPS) is 12.5. The molecule has 0 spiro atoms. The number of hydrogen-bond donors (Lipinski definition) is 3. The molecule has 0 aliphatic carbocycles. The van der Waals surface area contributed by atoms with E-state index in [1.807, 2.05) is 0 Å². The first-order valence-electron chi connectivity index (χ1n) is 6.18. The van der Waals surface area contributed by atoms with Crippen LogP contribution in [-0.2, 0) is 4.74 Å². The Morgan fingerprint density at radius 3 is 3.00 bits per heavy atom. The lowest BCUT2D eigenvalue weighted by Crippen LogP contribution is -2.24. The Bertz CT molecular complexity index is 624. The first-order chi connectivity index (χ1) is 9.15. The molecule has 0 saturated carbocycles. The lowest BCUT2D eigenvalue weighted by Gasteiger charge is -2.18. The lowest BCUT2D eigenvalue weighted by molar-refractivity contribution is 0.184. The summed E-state index contributed by atoms with van der Waals surface area (Å²) in [6, 6.07) is 3.60. The van der Waals surface area contributed by atoms with Crippen LogP contribution in [0.1, 0.15) is 13.3 Å². The Labute approximate surface area is 111 Å². The molecule has 6 nitrogen and oxygen atoms in total. The van der Waals surface area contributed by atoms with Gasteiger partial charge in [-0.2, -0.15) is 0 Å². The van der Waals surface area contributed by atoms with E-state index in [1.54, 1.807) is 19.2 Å². The van der Waals surface area contributed by atoms with Crippen LogP contribution in [0.15, 0.2) is 23.3 Å². The predicted molar refractivity (Wildman–Crippen MR) is 76.4 cm³/mol. The molecule has 0 aliphatic rings. The third-order valence-electron chi connectivity index (χ3n) is 3.03. The van der Waals surface area contributed by atoms with Crippen molar-refractivity contribution in [2.75, 3.05) is 24.8 Å². The quantitative estimate of drug-likeness (QED) is 0.707. The fourth-order valence-corrected chi connectivity index (χ4v) is 1.94. The highest BCUT2D eigenvalue weighted by Crippen LogP contribution is 2.24. The Morgan fingerprint density at radius 1 is 1.53 bits per heavy atom. The van der Waals surface area contributed by atoms with Crippen molar-refractivity contribution >= 4 is 22.3 Å². The molecule has 1 unspecified atom stereocenters. The van der Waals surface area contributed by atoms with Crippen LogP contribution >= 0.6 is 0 Å². The molecule has 1 aromatic heterocycles. The van der Waals surface area contributed by atoms with Crippen molar-refractivity contribution in [1.29, 1.82) is 0 Å². The summed E-state index contributed by atoms with van der Waals surface area (Å²) in [4.78, 5) is 18.3. The van der Waals surface area contributed by atoms with Gasteiger partial charge >= 0.3 is 0 Å². The molecular weight excluding hydrogens is 244 g/mol. The maximum absolute atomic E-state index is 11.6. The number of ether oxygens (including phenoxy) is 1. The van der Waals surface area contributed by atoms with Crippen molar-refractivity contribution in [2.24, 2.45) is 0 Å². The minimum atomic E-state index is -0.188. The third-order valence-corrected chi connectivity index (χ3v) is 3.03. The highest BCUT2D eigenvalue weighted by Gasteiger charge is 2.10. The topological polar surface area (TPSA) is 93.0 Å². The van der Waals surface area contributed by atoms with E-state index in [2.05, 4.69) is 22.2 Å². The second kappa shape index (κ2) is 5.71. The standard InChI is InChI=1S/C13H18N4O2/c1-3-8(6-19-2)17-12-5-11-9(4-10(12)14)13(18)16-7-15-11/h4-5,7-8,17H,3,6,14H2,1-2H3,(H,15,16,18). The number of methoxy groups -OCH3 is 1. The number of aromatic amines is 1. The van der Waals surface area contributed by atoms with Crippen LogP contribution in [0, 0.1) is 0 Å². The van der Waals surface area contributed by atoms with Gasteiger partial charge in [0.05, 0.1) is 35.2 Å². The summed E-state index contributed by atoms with van der Waals surface area (Å²) < 4.78 is 5.14. The number of rotatable bonds is 5. The highest BCUT2D eigenvalue weighted by atomic mass is 16.5. The summed E-state index contributed by atoms with van der Waals surface area (Å²) in [7, 11) is 1.66. The molecule has 1 heterocycles. The van der Waals surface area contributed by atoms with Crippen molar-refractivity contribution in [3.05, 3.63) is 28.8 Å². The van der Waals surface area contributed by atoms with Crippen molar-refractivity contribution in [3.63, 3.8) is 0 Å². The fraction of sp³-hybridized carbons (Fsp3) is 0.385. The van der Waals surface area contributed by atoms with Crippen LogP contribution < -0.4 is 16.6 Å². The second-order valence-electron chi connectivity index (χ2n) is 4.39. The van der Waals surface area contributed by atoms with Crippen LogP contribution in [0.5, 0.6) is 0 Å². The Hall–Kier alpha value is -2.08. The summed E-state index contributed by atoms with van der Waals surface area (Å²) in [6.07, 6.45) is 2.30. The first-order valence-corrected chi connectivity index (χ1v) is 6.18. The zero-order chi connectivity index (χ0) is 13.8. The molecule has 19 heavy (non-hydrogen) atoms. The minimum absolute atomic E-state index is 0.173. The number of anilines is 2. The van der Waals surface area contributed by atoms with Crippen LogP contribution in [-0.4, -0.2) is 29.7 Å². The molecule has 0 fully saturated rings. The molecular formula is C13H18N4O2. The second-order valence-corrected chi connectivity index (χ2v) is 4.39. The number of hydrogen-bond acceptors (Lipinski definition) is 5. The van der Waals surface area contributed by atoms with E-state index in [1.165, 1.54) is 6.33 Å². The smallest absolute Gasteiger partial charge is 0.258 e. The van der Waals surface area contributed by atoms with E-state index in [0.29, 0.717) is 23.2 Å². The van der Waals surface area contributed by atoms with E-state index < -0.39 is 0 Å². The third kappa shape index (κ3) is 2.85. The number of nitrogen functional groups attached to an aromatic ring is 1. The van der Waals surface area contributed by atoms with Crippen LogP contribution in [0.2, 0.25) is 0 Å². The van der Waals surface area contributed by atoms with Gasteiger partial charge in [-0.25, -0.2) is 4.98 Å². The molecule has 0 aliphatic heterocycles. The zero-order valence-electron chi connectivity index (χ0n) is 11.1. The maximum Gasteiger partial charge on any atom is 0.258 e. The highest BCUT2D eigenvalue weighted by molar-refractivity contribution is 5.88. The van der Waals surface area contributed by atoms with Gasteiger partial charge in [0.1, 0.15) is 0 Å². The van der Waals surface area contributed by atoms with Gasteiger partial charge < -0.3 is 20.8 Å². The van der Waals surface area contributed by atoms with Gasteiger partial charge in [-0.05, 0) is 18.6 Å². The predicted octanol–water partition coefficient (Wildman–Crippen LogP) is 1.34. The van der Waals surface area contributed by atoms with E-state index >= 15 is 0 Å². The van der Waals surface area contributed by atoms with Crippen LogP contribution in [0.4, 0.5) is 11.4 Å². The average Bonchev–Trinajstić information content (AvgIpc) is 2.40. The maximum atomic E-state index is 11.6. The van der Waals surface area contributed by atoms with Crippen molar-refractivity contribution in [1.82, 2.24) is 9.97 Å². The summed E-state index contributed by atoms with van der Waals surface area (Å²) in [5.41, 5.74) is 7.70. The Morgan fingerprint density at radius 2 is 2.32 bits per heavy atom. The van der Waals surface area contributed by atoms with Gasteiger partial charge in [-0.3, -0.25) is 4.79 Å². The summed E-state index contributed by atoms with van der Waals surface area (Å²) in [5.74, 6) is 0. The number of benzene rings is 1. The van der Waals surface area contributed by atoms with Gasteiger partial charge in [0.25, 0.3) is 5.56 Å².